The Labute approximate surface area is 122 Å². The summed E-state index contributed by atoms with van der Waals surface area (Å²) in [6.07, 6.45) is 2.24. The van der Waals surface area contributed by atoms with Gasteiger partial charge in [-0.3, -0.25) is 4.79 Å². The fourth-order valence-electron chi connectivity index (χ4n) is 2.40. The van der Waals surface area contributed by atoms with Crippen molar-refractivity contribution in [2.45, 2.75) is 13.0 Å². The van der Waals surface area contributed by atoms with Crippen molar-refractivity contribution in [2.24, 2.45) is 5.92 Å². The first kappa shape index (κ1) is 13.5. The Hall–Kier alpha value is -2.43. The number of furan rings is 1. The van der Waals surface area contributed by atoms with Crippen LogP contribution < -0.4 is 14.8 Å². The van der Waals surface area contributed by atoms with Crippen molar-refractivity contribution >= 4 is 5.91 Å². The van der Waals surface area contributed by atoms with E-state index in [9.17, 15) is 4.79 Å². The lowest BCUT2D eigenvalue weighted by Gasteiger charge is -2.24. The third-order valence-electron chi connectivity index (χ3n) is 3.56. The van der Waals surface area contributed by atoms with Crippen molar-refractivity contribution in [2.75, 3.05) is 13.7 Å². The van der Waals surface area contributed by atoms with E-state index in [1.54, 1.807) is 19.4 Å². The summed E-state index contributed by atoms with van der Waals surface area (Å²) in [6.45, 7) is 0.788. The summed E-state index contributed by atoms with van der Waals surface area (Å²) >= 11 is 0. The zero-order chi connectivity index (χ0) is 14.7. The Morgan fingerprint density at radius 3 is 3.10 bits per heavy atom. The van der Waals surface area contributed by atoms with Crippen molar-refractivity contribution in [1.29, 1.82) is 0 Å². The van der Waals surface area contributed by atoms with E-state index in [1.165, 1.54) is 0 Å². The molecule has 0 saturated carbocycles. The van der Waals surface area contributed by atoms with Gasteiger partial charge in [-0.15, -0.1) is 0 Å². The van der Waals surface area contributed by atoms with E-state index in [0.29, 0.717) is 19.6 Å². The molecule has 5 heteroatoms. The molecule has 5 nitrogen and oxygen atoms in total. The maximum absolute atomic E-state index is 12.2. The highest BCUT2D eigenvalue weighted by molar-refractivity contribution is 5.79. The van der Waals surface area contributed by atoms with Gasteiger partial charge >= 0.3 is 0 Å². The molecule has 1 unspecified atom stereocenters. The summed E-state index contributed by atoms with van der Waals surface area (Å²) in [5.41, 5.74) is 0.999. The van der Waals surface area contributed by atoms with E-state index in [0.717, 1.165) is 22.8 Å². The topological polar surface area (TPSA) is 60.7 Å². The highest BCUT2D eigenvalue weighted by Crippen LogP contribution is 2.30. The summed E-state index contributed by atoms with van der Waals surface area (Å²) in [6, 6.07) is 9.29. The van der Waals surface area contributed by atoms with Gasteiger partial charge in [0, 0.05) is 0 Å². The number of fused-ring (bicyclic) bond motifs is 1. The second-order valence-corrected chi connectivity index (χ2v) is 4.98. The molecule has 0 fully saturated rings. The van der Waals surface area contributed by atoms with Crippen molar-refractivity contribution in [3.63, 3.8) is 0 Å². The summed E-state index contributed by atoms with van der Waals surface area (Å²) in [7, 11) is 1.62. The predicted molar refractivity (Wildman–Crippen MR) is 76.2 cm³/mol. The van der Waals surface area contributed by atoms with Gasteiger partial charge in [-0.1, -0.05) is 0 Å². The monoisotopic (exact) mass is 287 g/mol. The molecule has 1 aromatic heterocycles. The van der Waals surface area contributed by atoms with Crippen LogP contribution in [0, 0.1) is 5.92 Å². The van der Waals surface area contributed by atoms with Gasteiger partial charge in [0.15, 0.2) is 0 Å². The van der Waals surface area contributed by atoms with Gasteiger partial charge in [0.2, 0.25) is 5.91 Å². The molecule has 0 spiro atoms. The van der Waals surface area contributed by atoms with Crippen LogP contribution in [0.15, 0.2) is 41.0 Å². The molecular formula is C16H17NO4. The van der Waals surface area contributed by atoms with Crippen LogP contribution in [0.4, 0.5) is 0 Å². The van der Waals surface area contributed by atoms with E-state index in [1.807, 2.05) is 24.3 Å². The average molecular weight is 287 g/mol. The Kier molecular flexibility index (Phi) is 3.81. The average Bonchev–Trinajstić information content (AvgIpc) is 3.04. The highest BCUT2D eigenvalue weighted by Gasteiger charge is 2.26. The van der Waals surface area contributed by atoms with Crippen molar-refractivity contribution in [3.8, 4) is 11.5 Å². The minimum atomic E-state index is -0.195. The number of rotatable bonds is 4. The molecular weight excluding hydrogens is 270 g/mol. The van der Waals surface area contributed by atoms with E-state index in [2.05, 4.69) is 5.32 Å². The first-order valence-electron chi connectivity index (χ1n) is 6.86. The van der Waals surface area contributed by atoms with E-state index in [-0.39, 0.29) is 11.8 Å². The fourth-order valence-corrected chi connectivity index (χ4v) is 2.40. The third-order valence-corrected chi connectivity index (χ3v) is 3.56. The van der Waals surface area contributed by atoms with Gasteiger partial charge in [0.25, 0.3) is 0 Å². The van der Waals surface area contributed by atoms with Gasteiger partial charge in [0.1, 0.15) is 23.9 Å². The van der Waals surface area contributed by atoms with Crippen LogP contribution in [0.3, 0.4) is 0 Å². The predicted octanol–water partition coefficient (Wildman–Crippen LogP) is 2.16. The molecule has 0 aliphatic carbocycles. The molecule has 2 aromatic rings. The standard InChI is InChI=1S/C16H17NO4/c1-19-13-4-5-15-11(8-13)7-12(10-21-15)16(18)17-9-14-3-2-6-20-14/h2-6,8,12H,7,9-10H2,1H3,(H,17,18). The molecule has 3 rings (SSSR count). The number of ether oxygens (including phenoxy) is 2. The molecule has 1 aliphatic rings. The molecule has 1 amide bonds. The zero-order valence-electron chi connectivity index (χ0n) is 11.8. The molecule has 1 aromatic carbocycles. The maximum Gasteiger partial charge on any atom is 0.227 e. The first-order chi connectivity index (χ1) is 10.3. The minimum absolute atomic E-state index is 0.0279. The summed E-state index contributed by atoms with van der Waals surface area (Å²) in [5.74, 6) is 2.11. The molecule has 1 atom stereocenters. The van der Waals surface area contributed by atoms with Gasteiger partial charge in [-0.2, -0.15) is 0 Å². The van der Waals surface area contributed by atoms with Gasteiger partial charge in [0.05, 0.1) is 25.8 Å². The summed E-state index contributed by atoms with van der Waals surface area (Å²) in [4.78, 5) is 12.2. The smallest absolute Gasteiger partial charge is 0.227 e. The molecule has 110 valence electrons. The number of carbonyl (C=O) groups is 1. The Morgan fingerprint density at radius 2 is 2.33 bits per heavy atom. The van der Waals surface area contributed by atoms with Crippen LogP contribution in [-0.4, -0.2) is 19.6 Å². The lowest BCUT2D eigenvalue weighted by atomic mass is 9.96. The van der Waals surface area contributed by atoms with E-state index < -0.39 is 0 Å². The molecule has 1 aliphatic heterocycles. The Balaban J connectivity index is 1.63. The van der Waals surface area contributed by atoms with Gasteiger partial charge in [-0.05, 0) is 42.3 Å². The van der Waals surface area contributed by atoms with E-state index in [4.69, 9.17) is 13.9 Å². The normalized spacial score (nSPS) is 16.7. The Morgan fingerprint density at radius 1 is 1.43 bits per heavy atom. The molecule has 2 heterocycles. The quantitative estimate of drug-likeness (QED) is 0.936. The molecule has 1 N–H and O–H groups in total. The number of amides is 1. The molecule has 21 heavy (non-hydrogen) atoms. The van der Waals surface area contributed by atoms with Crippen LogP contribution in [-0.2, 0) is 17.8 Å². The van der Waals surface area contributed by atoms with Gasteiger partial charge in [-0.25, -0.2) is 0 Å². The largest absolute Gasteiger partial charge is 0.497 e. The van der Waals surface area contributed by atoms with Crippen molar-refractivity contribution < 1.29 is 18.7 Å². The number of carbonyl (C=O) groups excluding carboxylic acids is 1. The number of hydrogen-bond acceptors (Lipinski definition) is 4. The fraction of sp³-hybridized carbons (Fsp3) is 0.312. The van der Waals surface area contributed by atoms with Crippen LogP contribution in [0.2, 0.25) is 0 Å². The summed E-state index contributed by atoms with van der Waals surface area (Å²) in [5, 5.41) is 2.87. The summed E-state index contributed by atoms with van der Waals surface area (Å²) < 4.78 is 16.1. The lowest BCUT2D eigenvalue weighted by molar-refractivity contribution is -0.126. The SMILES string of the molecule is COc1ccc2c(c1)CC(C(=O)NCc1ccco1)CO2. The molecule has 0 radical (unpaired) electrons. The van der Waals surface area contributed by atoms with Crippen molar-refractivity contribution in [1.82, 2.24) is 5.32 Å². The van der Waals surface area contributed by atoms with Crippen LogP contribution in [0.25, 0.3) is 0 Å². The zero-order valence-corrected chi connectivity index (χ0v) is 11.8. The van der Waals surface area contributed by atoms with E-state index >= 15 is 0 Å². The third kappa shape index (κ3) is 3.02. The van der Waals surface area contributed by atoms with Gasteiger partial charge < -0.3 is 19.2 Å². The van der Waals surface area contributed by atoms with Crippen LogP contribution in [0.5, 0.6) is 11.5 Å². The lowest BCUT2D eigenvalue weighted by Crippen LogP contribution is -2.36. The maximum atomic E-state index is 12.2. The number of methoxy groups -OCH3 is 1. The second kappa shape index (κ2) is 5.91. The highest BCUT2D eigenvalue weighted by atomic mass is 16.5. The Bertz CT molecular complexity index is 621. The minimum Gasteiger partial charge on any atom is -0.497 e. The van der Waals surface area contributed by atoms with Crippen LogP contribution in [0.1, 0.15) is 11.3 Å². The molecule has 0 saturated heterocycles. The van der Waals surface area contributed by atoms with Crippen molar-refractivity contribution in [3.05, 3.63) is 47.9 Å². The number of benzene rings is 1. The number of hydrogen-bond donors (Lipinski definition) is 1. The first-order valence-corrected chi connectivity index (χ1v) is 6.86. The van der Waals surface area contributed by atoms with Crippen LogP contribution >= 0.6 is 0 Å². The second-order valence-electron chi connectivity index (χ2n) is 4.98. The molecule has 0 bridgehead atoms. The number of nitrogens with one attached hydrogen (secondary N) is 1.